The minimum atomic E-state index is 0.319. The van der Waals surface area contributed by atoms with Crippen molar-refractivity contribution in [3.63, 3.8) is 0 Å². The number of hydrogen-bond donors (Lipinski definition) is 2. The fourth-order valence-corrected chi connectivity index (χ4v) is 1.81. The van der Waals surface area contributed by atoms with Gasteiger partial charge in [0.1, 0.15) is 6.07 Å². The van der Waals surface area contributed by atoms with Crippen molar-refractivity contribution in [2.24, 2.45) is 0 Å². The van der Waals surface area contributed by atoms with Crippen LogP contribution in [0.1, 0.15) is 5.56 Å². The summed E-state index contributed by atoms with van der Waals surface area (Å²) in [6.07, 6.45) is 1.53. The molecule has 6 heteroatoms. The van der Waals surface area contributed by atoms with Gasteiger partial charge in [-0.2, -0.15) is 5.26 Å². The second-order valence-corrected chi connectivity index (χ2v) is 4.75. The Bertz CT molecular complexity index is 636. The molecule has 0 atom stereocenters. The topological polar surface area (TPSA) is 74.7 Å². The van der Waals surface area contributed by atoms with Crippen LogP contribution in [0.25, 0.3) is 0 Å². The smallest absolute Gasteiger partial charge is 0.154 e. The largest absolute Gasteiger partial charge is 0.395 e. The molecule has 0 aliphatic heterocycles. The SMILES string of the molecule is N#Cc1ccnc(Nc2ccc(Br)c(Cl)c2)c1N. The Morgan fingerprint density at radius 3 is 2.83 bits per heavy atom. The van der Waals surface area contributed by atoms with Crippen LogP contribution in [0.2, 0.25) is 5.02 Å². The first-order valence-corrected chi connectivity index (χ1v) is 6.15. The van der Waals surface area contributed by atoms with Crippen LogP contribution >= 0.6 is 27.5 Å². The number of nitrogen functional groups attached to an aromatic ring is 1. The van der Waals surface area contributed by atoms with E-state index in [0.717, 1.165) is 10.2 Å². The van der Waals surface area contributed by atoms with Gasteiger partial charge in [0.15, 0.2) is 5.82 Å². The third-order valence-corrected chi connectivity index (χ3v) is 3.53. The summed E-state index contributed by atoms with van der Waals surface area (Å²) < 4.78 is 0.807. The summed E-state index contributed by atoms with van der Waals surface area (Å²) in [4.78, 5) is 4.09. The Morgan fingerprint density at radius 1 is 1.39 bits per heavy atom. The van der Waals surface area contributed by atoms with Crippen molar-refractivity contribution in [3.8, 4) is 6.07 Å². The molecule has 1 aromatic heterocycles. The maximum absolute atomic E-state index is 8.88. The molecule has 0 fully saturated rings. The lowest BCUT2D eigenvalue weighted by molar-refractivity contribution is 1.30. The molecule has 0 radical (unpaired) electrons. The van der Waals surface area contributed by atoms with Crippen LogP contribution < -0.4 is 11.1 Å². The van der Waals surface area contributed by atoms with E-state index in [4.69, 9.17) is 22.6 Å². The molecular weight excluding hydrogens is 316 g/mol. The van der Waals surface area contributed by atoms with Crippen LogP contribution in [0.4, 0.5) is 17.2 Å². The molecule has 0 unspecified atom stereocenters. The molecule has 0 saturated carbocycles. The predicted octanol–water partition coefficient (Wildman–Crippen LogP) is 3.69. The predicted molar refractivity (Wildman–Crippen MR) is 75.8 cm³/mol. The van der Waals surface area contributed by atoms with Crippen molar-refractivity contribution < 1.29 is 0 Å². The highest BCUT2D eigenvalue weighted by Crippen LogP contribution is 2.28. The van der Waals surface area contributed by atoms with Crippen LogP contribution in [0, 0.1) is 11.3 Å². The van der Waals surface area contributed by atoms with Crippen molar-refractivity contribution in [2.75, 3.05) is 11.1 Å². The highest BCUT2D eigenvalue weighted by atomic mass is 79.9. The Labute approximate surface area is 118 Å². The average molecular weight is 324 g/mol. The Kier molecular flexibility index (Phi) is 3.70. The minimum Gasteiger partial charge on any atom is -0.395 e. The molecule has 2 rings (SSSR count). The van der Waals surface area contributed by atoms with Crippen LogP contribution in [0.15, 0.2) is 34.9 Å². The van der Waals surface area contributed by atoms with Gasteiger partial charge in [-0.05, 0) is 40.2 Å². The summed E-state index contributed by atoms with van der Waals surface area (Å²) in [6.45, 7) is 0. The zero-order valence-electron chi connectivity index (χ0n) is 9.11. The van der Waals surface area contributed by atoms with E-state index in [2.05, 4.69) is 26.2 Å². The maximum Gasteiger partial charge on any atom is 0.154 e. The van der Waals surface area contributed by atoms with Gasteiger partial charge in [0.2, 0.25) is 0 Å². The summed E-state index contributed by atoms with van der Waals surface area (Å²) >= 11 is 9.30. The number of hydrogen-bond acceptors (Lipinski definition) is 4. The molecule has 0 aliphatic rings. The first-order chi connectivity index (χ1) is 8.61. The lowest BCUT2D eigenvalue weighted by Gasteiger charge is -2.09. The van der Waals surface area contributed by atoms with E-state index in [9.17, 15) is 0 Å². The van der Waals surface area contributed by atoms with Gasteiger partial charge >= 0.3 is 0 Å². The summed E-state index contributed by atoms with van der Waals surface area (Å²) in [5.41, 5.74) is 7.27. The number of halogens is 2. The highest BCUT2D eigenvalue weighted by Gasteiger charge is 2.07. The van der Waals surface area contributed by atoms with Gasteiger partial charge in [-0.25, -0.2) is 4.98 Å². The lowest BCUT2D eigenvalue weighted by Crippen LogP contribution is -2.01. The van der Waals surface area contributed by atoms with Crippen LogP contribution in [0.5, 0.6) is 0 Å². The van der Waals surface area contributed by atoms with E-state index < -0.39 is 0 Å². The number of nitriles is 1. The molecule has 90 valence electrons. The molecule has 0 aliphatic carbocycles. The number of nitrogens with zero attached hydrogens (tertiary/aromatic N) is 2. The van der Waals surface area contributed by atoms with E-state index in [1.165, 1.54) is 6.20 Å². The average Bonchev–Trinajstić information content (AvgIpc) is 2.36. The van der Waals surface area contributed by atoms with Crippen LogP contribution in [0.3, 0.4) is 0 Å². The number of nitrogens with one attached hydrogen (secondary N) is 1. The fraction of sp³-hybridized carbons (Fsp3) is 0. The molecule has 1 aromatic carbocycles. The second kappa shape index (κ2) is 5.25. The van der Waals surface area contributed by atoms with Gasteiger partial charge in [0.05, 0.1) is 16.3 Å². The molecule has 2 aromatic rings. The molecule has 3 N–H and O–H groups in total. The van der Waals surface area contributed by atoms with Crippen LogP contribution in [-0.4, -0.2) is 4.98 Å². The van der Waals surface area contributed by atoms with Crippen molar-refractivity contribution in [1.29, 1.82) is 5.26 Å². The summed E-state index contributed by atoms with van der Waals surface area (Å²) in [5, 5.41) is 12.5. The molecule has 4 nitrogen and oxygen atoms in total. The minimum absolute atomic E-state index is 0.319. The first kappa shape index (κ1) is 12.7. The van der Waals surface area contributed by atoms with Crippen molar-refractivity contribution in [2.45, 2.75) is 0 Å². The van der Waals surface area contributed by atoms with E-state index in [-0.39, 0.29) is 0 Å². The lowest BCUT2D eigenvalue weighted by atomic mass is 10.2. The normalized spacial score (nSPS) is 9.83. The summed E-state index contributed by atoms with van der Waals surface area (Å²) in [5.74, 6) is 0.437. The highest BCUT2D eigenvalue weighted by molar-refractivity contribution is 9.10. The van der Waals surface area contributed by atoms with Crippen molar-refractivity contribution in [3.05, 3.63) is 45.5 Å². The molecular formula is C12H8BrClN4. The molecule has 0 amide bonds. The van der Waals surface area contributed by atoms with E-state index in [1.807, 2.05) is 18.2 Å². The Balaban J connectivity index is 2.35. The zero-order chi connectivity index (χ0) is 13.1. The number of benzene rings is 1. The van der Waals surface area contributed by atoms with E-state index in [1.54, 1.807) is 12.1 Å². The standard InChI is InChI=1S/C12H8BrClN4/c13-9-2-1-8(5-10(9)14)18-12-11(16)7(6-15)3-4-17-12/h1-5H,16H2,(H,17,18). The first-order valence-electron chi connectivity index (χ1n) is 4.98. The number of aromatic nitrogens is 1. The second-order valence-electron chi connectivity index (χ2n) is 3.49. The van der Waals surface area contributed by atoms with Crippen LogP contribution in [-0.2, 0) is 0 Å². The summed E-state index contributed by atoms with van der Waals surface area (Å²) in [6, 6.07) is 8.95. The molecule has 18 heavy (non-hydrogen) atoms. The Morgan fingerprint density at radius 2 is 2.17 bits per heavy atom. The third-order valence-electron chi connectivity index (χ3n) is 2.29. The van der Waals surface area contributed by atoms with Gasteiger partial charge in [0, 0.05) is 16.4 Å². The quantitative estimate of drug-likeness (QED) is 0.883. The fourth-order valence-electron chi connectivity index (χ4n) is 1.38. The summed E-state index contributed by atoms with van der Waals surface area (Å²) in [7, 11) is 0. The van der Waals surface area contributed by atoms with E-state index in [0.29, 0.717) is 22.1 Å². The number of pyridine rings is 1. The molecule has 0 bridgehead atoms. The number of rotatable bonds is 2. The van der Waals surface area contributed by atoms with Gasteiger partial charge in [-0.15, -0.1) is 0 Å². The van der Waals surface area contributed by atoms with Gasteiger partial charge in [0.25, 0.3) is 0 Å². The van der Waals surface area contributed by atoms with E-state index >= 15 is 0 Å². The van der Waals surface area contributed by atoms with Crippen molar-refractivity contribution >= 4 is 44.7 Å². The Hall–Kier alpha value is -1.77. The monoisotopic (exact) mass is 322 g/mol. The van der Waals surface area contributed by atoms with Crippen molar-refractivity contribution in [1.82, 2.24) is 4.98 Å². The zero-order valence-corrected chi connectivity index (χ0v) is 11.5. The molecule has 0 saturated heterocycles. The number of anilines is 3. The number of nitrogens with two attached hydrogens (primary N) is 1. The van der Waals surface area contributed by atoms with Gasteiger partial charge in [-0.1, -0.05) is 11.6 Å². The maximum atomic E-state index is 8.88. The third kappa shape index (κ3) is 2.55. The molecule has 0 spiro atoms. The van der Waals surface area contributed by atoms with Gasteiger partial charge in [-0.3, -0.25) is 0 Å². The molecule has 1 heterocycles. The van der Waals surface area contributed by atoms with Gasteiger partial charge < -0.3 is 11.1 Å².